The molecule has 2 heterocycles. The van der Waals surface area contributed by atoms with Crippen LogP contribution in [0, 0.1) is 5.92 Å². The van der Waals surface area contributed by atoms with E-state index in [0.717, 1.165) is 37.0 Å². The molecule has 2 fully saturated rings. The Balaban J connectivity index is 1.37. The molecule has 195 valence electrons. The number of hydrogen-bond acceptors (Lipinski definition) is 5. The largest absolute Gasteiger partial charge is 0.359 e. The zero-order valence-electron chi connectivity index (χ0n) is 21.8. The molecule has 2 saturated heterocycles. The number of carbonyl (C=O) groups excluding carboxylic acids is 3. The Morgan fingerprint density at radius 2 is 1.35 bits per heavy atom. The van der Waals surface area contributed by atoms with Crippen molar-refractivity contribution in [2.75, 3.05) is 6.61 Å². The van der Waals surface area contributed by atoms with Gasteiger partial charge in [-0.05, 0) is 33.1 Å². The summed E-state index contributed by atoms with van der Waals surface area (Å²) in [5, 5.41) is 13.6. The zero-order chi connectivity index (χ0) is 25.0. The van der Waals surface area contributed by atoms with Gasteiger partial charge in [-0.1, -0.05) is 77.6 Å². The Kier molecular flexibility index (Phi) is 12.7. The van der Waals surface area contributed by atoms with E-state index in [1.807, 2.05) is 13.8 Å². The van der Waals surface area contributed by atoms with Gasteiger partial charge in [0.1, 0.15) is 6.23 Å². The summed E-state index contributed by atoms with van der Waals surface area (Å²) in [6.45, 7) is 6.60. The van der Waals surface area contributed by atoms with Gasteiger partial charge in [-0.15, -0.1) is 10.3 Å². The van der Waals surface area contributed by atoms with E-state index in [1.165, 1.54) is 62.9 Å². The first-order valence-corrected chi connectivity index (χ1v) is 13.7. The smallest absolute Gasteiger partial charge is 0.236 e. The standard InChI is InChI=1S/C27H47N2O5/c1-4-22(26-29(33)27(2,3)21-34-26)17-15-13-11-9-7-5-6-8-10-12-14-16-18-23(30)28-24(31)19-20-25(28)32/h22,26H,4-21H2,1-3H3. The van der Waals surface area contributed by atoms with E-state index >= 15 is 0 Å². The van der Waals surface area contributed by atoms with Gasteiger partial charge in [0.25, 0.3) is 0 Å². The van der Waals surface area contributed by atoms with Gasteiger partial charge in [0.05, 0.1) is 12.1 Å². The molecule has 3 amide bonds. The Morgan fingerprint density at radius 3 is 1.79 bits per heavy atom. The number of imide groups is 3. The van der Waals surface area contributed by atoms with Crippen molar-refractivity contribution in [2.24, 2.45) is 5.92 Å². The van der Waals surface area contributed by atoms with Crippen molar-refractivity contribution in [3.63, 3.8) is 0 Å². The van der Waals surface area contributed by atoms with Crippen LogP contribution in [0.5, 0.6) is 0 Å². The molecule has 0 spiro atoms. The van der Waals surface area contributed by atoms with Gasteiger partial charge in [0.2, 0.25) is 17.7 Å². The maximum absolute atomic E-state index is 12.4. The van der Waals surface area contributed by atoms with Gasteiger partial charge in [0, 0.05) is 25.2 Å². The molecular weight excluding hydrogens is 432 g/mol. The number of rotatable bonds is 17. The van der Waals surface area contributed by atoms with Crippen LogP contribution in [0.2, 0.25) is 0 Å². The van der Waals surface area contributed by atoms with Gasteiger partial charge >= 0.3 is 0 Å². The molecule has 0 aromatic carbocycles. The molecule has 1 radical (unpaired) electrons. The predicted molar refractivity (Wildman–Crippen MR) is 131 cm³/mol. The highest BCUT2D eigenvalue weighted by Crippen LogP contribution is 2.33. The third-order valence-electron chi connectivity index (χ3n) is 7.38. The fourth-order valence-electron chi connectivity index (χ4n) is 5.06. The van der Waals surface area contributed by atoms with Crippen LogP contribution in [0.1, 0.15) is 130 Å². The number of hydrogen-bond donors (Lipinski definition) is 0. The zero-order valence-corrected chi connectivity index (χ0v) is 21.8. The lowest BCUT2D eigenvalue weighted by molar-refractivity contribution is -0.254. The second-order valence-electron chi connectivity index (χ2n) is 10.8. The summed E-state index contributed by atoms with van der Waals surface area (Å²) < 4.78 is 5.81. The summed E-state index contributed by atoms with van der Waals surface area (Å²) in [5.74, 6) is -0.652. The topological polar surface area (TPSA) is 86.8 Å². The molecule has 0 aromatic heterocycles. The lowest BCUT2D eigenvalue weighted by Crippen LogP contribution is -2.43. The van der Waals surface area contributed by atoms with Crippen LogP contribution in [0.25, 0.3) is 0 Å². The molecule has 2 aliphatic heterocycles. The molecular formula is C27H47N2O5. The van der Waals surface area contributed by atoms with Crippen molar-refractivity contribution in [1.29, 1.82) is 0 Å². The second kappa shape index (κ2) is 14.9. The van der Waals surface area contributed by atoms with Crippen molar-refractivity contribution in [3.05, 3.63) is 0 Å². The number of unbranched alkanes of at least 4 members (excludes halogenated alkanes) is 11. The van der Waals surface area contributed by atoms with Gasteiger partial charge in [-0.3, -0.25) is 14.4 Å². The number of ether oxygens (including phenoxy) is 1. The lowest BCUT2D eigenvalue weighted by atomic mass is 9.95. The number of hydroxylamine groups is 2. The molecule has 0 saturated carbocycles. The summed E-state index contributed by atoms with van der Waals surface area (Å²) in [6.07, 6.45) is 16.5. The first-order chi connectivity index (χ1) is 16.3. The van der Waals surface area contributed by atoms with E-state index in [1.54, 1.807) is 0 Å². The fraction of sp³-hybridized carbons (Fsp3) is 0.889. The van der Waals surface area contributed by atoms with E-state index in [9.17, 15) is 19.6 Å². The van der Waals surface area contributed by atoms with Gasteiger partial charge in [-0.25, -0.2) is 4.90 Å². The van der Waals surface area contributed by atoms with Gasteiger partial charge in [-0.2, -0.15) is 0 Å². The summed E-state index contributed by atoms with van der Waals surface area (Å²) in [5.41, 5.74) is -0.395. The summed E-state index contributed by atoms with van der Waals surface area (Å²) in [7, 11) is 0. The van der Waals surface area contributed by atoms with Crippen LogP contribution < -0.4 is 0 Å². The maximum atomic E-state index is 12.4. The third kappa shape index (κ3) is 9.04. The third-order valence-corrected chi connectivity index (χ3v) is 7.38. The minimum absolute atomic E-state index is 0.180. The molecule has 2 unspecified atom stereocenters. The minimum atomic E-state index is -0.395. The SMILES string of the molecule is CCC(CCCCCCCCCCCCCCC(=O)N1C(=O)CCC1=O)C1OCC(C)(C)N1[O]. The molecule has 7 heteroatoms. The van der Waals surface area contributed by atoms with Crippen molar-refractivity contribution in [1.82, 2.24) is 9.96 Å². The van der Waals surface area contributed by atoms with Crippen molar-refractivity contribution >= 4 is 17.7 Å². The first-order valence-electron chi connectivity index (χ1n) is 13.7. The summed E-state index contributed by atoms with van der Waals surface area (Å²) in [4.78, 5) is 35.9. The average Bonchev–Trinajstić information content (AvgIpc) is 3.28. The lowest BCUT2D eigenvalue weighted by Gasteiger charge is -2.29. The van der Waals surface area contributed by atoms with Crippen LogP contribution in [0.15, 0.2) is 0 Å². The van der Waals surface area contributed by atoms with E-state index in [-0.39, 0.29) is 36.8 Å². The van der Waals surface area contributed by atoms with Crippen LogP contribution in [-0.4, -0.2) is 46.1 Å². The molecule has 0 aliphatic carbocycles. The van der Waals surface area contributed by atoms with Crippen LogP contribution >= 0.6 is 0 Å². The Bertz CT molecular complexity index is 635. The molecule has 2 atom stereocenters. The van der Waals surface area contributed by atoms with Crippen molar-refractivity contribution in [3.8, 4) is 0 Å². The highest BCUT2D eigenvalue weighted by Gasteiger charge is 2.44. The fourth-order valence-corrected chi connectivity index (χ4v) is 5.06. The maximum Gasteiger partial charge on any atom is 0.236 e. The van der Waals surface area contributed by atoms with Crippen LogP contribution in [0.3, 0.4) is 0 Å². The van der Waals surface area contributed by atoms with E-state index < -0.39 is 5.54 Å². The van der Waals surface area contributed by atoms with Crippen LogP contribution in [0.4, 0.5) is 0 Å². The molecule has 0 bridgehead atoms. The molecule has 34 heavy (non-hydrogen) atoms. The normalized spacial score (nSPS) is 21.5. The van der Waals surface area contributed by atoms with Crippen LogP contribution in [-0.2, 0) is 24.3 Å². The molecule has 0 aromatic rings. The predicted octanol–water partition coefficient (Wildman–Crippen LogP) is 5.93. The number of likely N-dealkylation sites (tertiary alicyclic amines) is 1. The molecule has 0 N–H and O–H groups in total. The first kappa shape index (κ1) is 28.9. The number of amides is 3. The average molecular weight is 480 g/mol. The second-order valence-corrected chi connectivity index (χ2v) is 10.8. The highest BCUT2D eigenvalue weighted by atomic mass is 16.6. The molecule has 2 aliphatic rings. The molecule has 2 rings (SSSR count). The number of carbonyl (C=O) groups is 3. The monoisotopic (exact) mass is 479 g/mol. The Hall–Kier alpha value is -1.31. The van der Waals surface area contributed by atoms with Crippen molar-refractivity contribution < 1.29 is 24.3 Å². The van der Waals surface area contributed by atoms with E-state index in [2.05, 4.69) is 6.92 Å². The van der Waals surface area contributed by atoms with Gasteiger partial charge in [0.15, 0.2) is 0 Å². The quantitative estimate of drug-likeness (QED) is 0.190. The van der Waals surface area contributed by atoms with Gasteiger partial charge < -0.3 is 4.74 Å². The Labute approximate surface area is 206 Å². The molecule has 7 nitrogen and oxygen atoms in total. The summed E-state index contributed by atoms with van der Waals surface area (Å²) >= 11 is 0. The number of nitrogens with zero attached hydrogens (tertiary/aromatic N) is 2. The Morgan fingerprint density at radius 1 is 0.882 bits per heavy atom. The van der Waals surface area contributed by atoms with Crippen molar-refractivity contribution in [2.45, 2.75) is 142 Å². The minimum Gasteiger partial charge on any atom is -0.359 e. The highest BCUT2D eigenvalue weighted by molar-refractivity contribution is 6.14. The van der Waals surface area contributed by atoms with E-state index in [0.29, 0.717) is 18.9 Å². The summed E-state index contributed by atoms with van der Waals surface area (Å²) in [6, 6.07) is 0. The van der Waals surface area contributed by atoms with E-state index in [4.69, 9.17) is 4.74 Å².